The van der Waals surface area contributed by atoms with Gasteiger partial charge in [-0.25, -0.2) is 0 Å². The standard InChI is InChI=1S/C19H27F3N2O2/c20-19(21,22)15-4-3-5-16(12-15)24-10-8-23(9-11-24)13-17(25)14-26-18-6-1-2-7-18/h3-5,12,17-18,25H,1-2,6-11,13-14H2. The maximum absolute atomic E-state index is 12.9. The van der Waals surface area contributed by atoms with E-state index in [1.54, 1.807) is 6.07 Å². The minimum Gasteiger partial charge on any atom is -0.389 e. The number of nitrogens with zero attached hydrogens (tertiary/aromatic N) is 2. The fourth-order valence-corrected chi connectivity index (χ4v) is 3.72. The van der Waals surface area contributed by atoms with Gasteiger partial charge in [-0.3, -0.25) is 4.90 Å². The van der Waals surface area contributed by atoms with Crippen LogP contribution < -0.4 is 4.90 Å². The van der Waals surface area contributed by atoms with Crippen molar-refractivity contribution in [3.8, 4) is 0 Å². The Kier molecular flexibility index (Phi) is 6.42. The summed E-state index contributed by atoms with van der Waals surface area (Å²) in [5.41, 5.74) is -0.0125. The largest absolute Gasteiger partial charge is 0.416 e. The molecule has 1 heterocycles. The van der Waals surface area contributed by atoms with Gasteiger partial charge in [0.25, 0.3) is 0 Å². The molecule has 1 aliphatic heterocycles. The molecule has 1 unspecified atom stereocenters. The van der Waals surface area contributed by atoms with E-state index in [1.165, 1.54) is 25.0 Å². The molecule has 1 N–H and O–H groups in total. The Bertz CT molecular complexity index is 568. The molecule has 3 rings (SSSR count). The lowest BCUT2D eigenvalue weighted by molar-refractivity contribution is -0.137. The highest BCUT2D eigenvalue weighted by Gasteiger charge is 2.31. The molecule has 4 nitrogen and oxygen atoms in total. The highest BCUT2D eigenvalue weighted by atomic mass is 19.4. The van der Waals surface area contributed by atoms with E-state index >= 15 is 0 Å². The van der Waals surface area contributed by atoms with Gasteiger partial charge in [0, 0.05) is 38.4 Å². The number of hydrogen-bond donors (Lipinski definition) is 1. The number of alkyl halides is 3. The van der Waals surface area contributed by atoms with E-state index in [-0.39, 0.29) is 0 Å². The molecule has 0 bridgehead atoms. The van der Waals surface area contributed by atoms with Gasteiger partial charge in [0.2, 0.25) is 0 Å². The minimum atomic E-state index is -4.32. The van der Waals surface area contributed by atoms with Crippen molar-refractivity contribution in [3.05, 3.63) is 29.8 Å². The Hall–Kier alpha value is -1.31. The molecule has 0 amide bonds. The summed E-state index contributed by atoms with van der Waals surface area (Å²) in [4.78, 5) is 4.11. The Labute approximate surface area is 152 Å². The van der Waals surface area contributed by atoms with Crippen LogP contribution in [-0.4, -0.2) is 61.5 Å². The number of β-amino-alcohol motifs (C(OH)–C–C–N with tert-alkyl or cyclic N) is 1. The summed E-state index contributed by atoms with van der Waals surface area (Å²) >= 11 is 0. The second kappa shape index (κ2) is 8.59. The first-order valence-corrected chi connectivity index (χ1v) is 9.36. The normalized spacial score (nSPS) is 21.3. The summed E-state index contributed by atoms with van der Waals surface area (Å²) in [6.45, 7) is 3.64. The van der Waals surface area contributed by atoms with Crippen molar-refractivity contribution >= 4 is 5.69 Å². The van der Waals surface area contributed by atoms with Crippen LogP contribution in [0.5, 0.6) is 0 Å². The first-order chi connectivity index (χ1) is 12.4. The molecule has 2 aliphatic rings. The first kappa shape index (κ1) is 19.5. The third-order valence-corrected chi connectivity index (χ3v) is 5.21. The molecule has 0 radical (unpaired) electrons. The predicted octanol–water partition coefficient (Wildman–Crippen LogP) is 3.15. The second-order valence-electron chi connectivity index (χ2n) is 7.23. The van der Waals surface area contributed by atoms with Crippen LogP contribution in [0.3, 0.4) is 0 Å². The maximum atomic E-state index is 12.9. The number of aliphatic hydroxyl groups excluding tert-OH is 1. The monoisotopic (exact) mass is 372 g/mol. The molecule has 0 spiro atoms. The molecule has 7 heteroatoms. The fraction of sp³-hybridized carbons (Fsp3) is 0.684. The van der Waals surface area contributed by atoms with Crippen LogP contribution in [0.2, 0.25) is 0 Å². The molecular weight excluding hydrogens is 345 g/mol. The van der Waals surface area contributed by atoms with E-state index in [9.17, 15) is 18.3 Å². The van der Waals surface area contributed by atoms with Gasteiger partial charge in [-0.15, -0.1) is 0 Å². The highest BCUT2D eigenvalue weighted by molar-refractivity contribution is 5.49. The van der Waals surface area contributed by atoms with Crippen molar-refractivity contribution < 1.29 is 23.0 Å². The van der Waals surface area contributed by atoms with Crippen molar-refractivity contribution in [1.82, 2.24) is 4.90 Å². The van der Waals surface area contributed by atoms with Crippen molar-refractivity contribution in [2.24, 2.45) is 0 Å². The molecule has 1 aromatic carbocycles. The van der Waals surface area contributed by atoms with Crippen molar-refractivity contribution in [2.75, 3.05) is 44.2 Å². The van der Waals surface area contributed by atoms with Gasteiger partial charge in [-0.05, 0) is 31.0 Å². The zero-order chi connectivity index (χ0) is 18.6. The SMILES string of the molecule is OC(COC1CCCC1)CN1CCN(c2cccc(C(F)(F)F)c2)CC1. The summed E-state index contributed by atoms with van der Waals surface area (Å²) in [6, 6.07) is 5.48. The van der Waals surface area contributed by atoms with Gasteiger partial charge in [-0.2, -0.15) is 13.2 Å². The van der Waals surface area contributed by atoms with Gasteiger partial charge < -0.3 is 14.7 Å². The van der Waals surface area contributed by atoms with Crippen molar-refractivity contribution in [1.29, 1.82) is 0 Å². The number of benzene rings is 1. The minimum absolute atomic E-state index is 0.294. The number of ether oxygens (including phenoxy) is 1. The number of halogens is 3. The van der Waals surface area contributed by atoms with E-state index in [2.05, 4.69) is 4.90 Å². The summed E-state index contributed by atoms with van der Waals surface area (Å²) in [5.74, 6) is 0. The van der Waals surface area contributed by atoms with Crippen LogP contribution >= 0.6 is 0 Å². The molecule has 2 fully saturated rings. The first-order valence-electron chi connectivity index (χ1n) is 9.36. The lowest BCUT2D eigenvalue weighted by Crippen LogP contribution is -2.49. The second-order valence-corrected chi connectivity index (χ2v) is 7.23. The summed E-state index contributed by atoms with van der Waals surface area (Å²) in [5, 5.41) is 10.2. The Balaban J connectivity index is 1.44. The lowest BCUT2D eigenvalue weighted by atomic mass is 10.1. The van der Waals surface area contributed by atoms with E-state index < -0.39 is 17.8 Å². The average Bonchev–Trinajstić information content (AvgIpc) is 3.14. The molecule has 1 aromatic rings. The molecule has 26 heavy (non-hydrogen) atoms. The molecule has 1 saturated heterocycles. The summed E-state index contributed by atoms with van der Waals surface area (Å²) < 4.78 is 44.3. The zero-order valence-corrected chi connectivity index (χ0v) is 14.9. The molecule has 1 saturated carbocycles. The topological polar surface area (TPSA) is 35.9 Å². The lowest BCUT2D eigenvalue weighted by Gasteiger charge is -2.37. The van der Waals surface area contributed by atoms with Crippen molar-refractivity contribution in [2.45, 2.75) is 44.1 Å². The smallest absolute Gasteiger partial charge is 0.389 e. The number of aliphatic hydroxyl groups is 1. The fourth-order valence-electron chi connectivity index (χ4n) is 3.72. The number of anilines is 1. The molecule has 1 atom stereocenters. The van der Waals surface area contributed by atoms with E-state index in [4.69, 9.17) is 4.74 Å². The summed E-state index contributed by atoms with van der Waals surface area (Å²) in [7, 11) is 0. The van der Waals surface area contributed by atoms with E-state index in [0.717, 1.165) is 32.0 Å². The van der Waals surface area contributed by atoms with Crippen molar-refractivity contribution in [3.63, 3.8) is 0 Å². The Morgan fingerprint density at radius 2 is 1.81 bits per heavy atom. The number of piperazine rings is 1. The van der Waals surface area contributed by atoms with Crippen LogP contribution in [0.1, 0.15) is 31.2 Å². The van der Waals surface area contributed by atoms with E-state index in [0.29, 0.717) is 38.0 Å². The van der Waals surface area contributed by atoms with Gasteiger partial charge in [0.1, 0.15) is 0 Å². The maximum Gasteiger partial charge on any atom is 0.416 e. The quantitative estimate of drug-likeness (QED) is 0.832. The number of hydrogen-bond acceptors (Lipinski definition) is 4. The third kappa shape index (κ3) is 5.34. The molecule has 146 valence electrons. The van der Waals surface area contributed by atoms with Gasteiger partial charge in [-0.1, -0.05) is 18.9 Å². The van der Waals surface area contributed by atoms with Gasteiger partial charge in [0.05, 0.1) is 24.4 Å². The van der Waals surface area contributed by atoms with Crippen LogP contribution in [0.4, 0.5) is 18.9 Å². The number of rotatable bonds is 6. The molecule has 1 aliphatic carbocycles. The van der Waals surface area contributed by atoms with Crippen LogP contribution in [0.25, 0.3) is 0 Å². The Morgan fingerprint density at radius 3 is 2.46 bits per heavy atom. The van der Waals surface area contributed by atoms with Gasteiger partial charge in [0.15, 0.2) is 0 Å². The summed E-state index contributed by atoms with van der Waals surface area (Å²) in [6.07, 6.45) is 0.0424. The Morgan fingerprint density at radius 1 is 1.12 bits per heavy atom. The van der Waals surface area contributed by atoms with Crippen LogP contribution in [0.15, 0.2) is 24.3 Å². The van der Waals surface area contributed by atoms with Gasteiger partial charge >= 0.3 is 6.18 Å². The molecule has 0 aromatic heterocycles. The van der Waals surface area contributed by atoms with E-state index in [1.807, 2.05) is 4.90 Å². The van der Waals surface area contributed by atoms with Crippen LogP contribution in [0, 0.1) is 0 Å². The van der Waals surface area contributed by atoms with Crippen LogP contribution in [-0.2, 0) is 10.9 Å². The predicted molar refractivity (Wildman–Crippen MR) is 94.3 cm³/mol. The molecular formula is C19H27F3N2O2. The third-order valence-electron chi connectivity index (χ3n) is 5.21. The average molecular weight is 372 g/mol. The zero-order valence-electron chi connectivity index (χ0n) is 14.9. The highest BCUT2D eigenvalue weighted by Crippen LogP contribution is 2.31.